The zero-order valence-electron chi connectivity index (χ0n) is 15.5. The first-order valence-corrected chi connectivity index (χ1v) is 8.15. The van der Waals surface area contributed by atoms with Crippen molar-refractivity contribution in [2.45, 2.75) is 20.0 Å². The molecule has 3 rings (SSSR count). The molecule has 0 fully saturated rings. The second-order valence-corrected chi connectivity index (χ2v) is 5.65. The van der Waals surface area contributed by atoms with Crippen LogP contribution < -0.4 is 10.1 Å². The third-order valence-electron chi connectivity index (χ3n) is 3.67. The summed E-state index contributed by atoms with van der Waals surface area (Å²) in [6.07, 6.45) is -0.793. The highest BCUT2D eigenvalue weighted by Gasteiger charge is 2.34. The van der Waals surface area contributed by atoms with Crippen molar-refractivity contribution in [1.82, 2.24) is 14.8 Å². The fourth-order valence-electron chi connectivity index (χ4n) is 2.52. The van der Waals surface area contributed by atoms with Gasteiger partial charge in [0.1, 0.15) is 5.75 Å². The molecule has 0 aliphatic rings. The Bertz CT molecular complexity index is 997. The van der Waals surface area contributed by atoms with Crippen molar-refractivity contribution in [3.05, 3.63) is 54.4 Å². The lowest BCUT2D eigenvalue weighted by Gasteiger charge is -2.13. The highest BCUT2D eigenvalue weighted by molar-refractivity contribution is 5.85. The quantitative estimate of drug-likeness (QED) is 0.524. The Hall–Kier alpha value is -3.36. The average molecular weight is 392 g/mol. The van der Waals surface area contributed by atoms with Gasteiger partial charge in [-0.3, -0.25) is 4.79 Å². The van der Waals surface area contributed by atoms with E-state index in [4.69, 9.17) is 4.74 Å². The number of fused-ring (bicyclic) bond motifs is 1. The van der Waals surface area contributed by atoms with Crippen molar-refractivity contribution in [2.75, 3.05) is 12.4 Å². The molecule has 0 aliphatic heterocycles. The lowest BCUT2D eigenvalue weighted by molar-refractivity contribution is -0.138. The highest BCUT2D eigenvalue weighted by atomic mass is 19.4. The summed E-state index contributed by atoms with van der Waals surface area (Å²) in [6, 6.07) is 5.20. The van der Waals surface area contributed by atoms with Crippen LogP contribution in [0.15, 0.2) is 43.1 Å². The number of benzene rings is 1. The molecule has 2 aromatic heterocycles. The number of aromatic nitrogens is 3. The van der Waals surface area contributed by atoms with Gasteiger partial charge in [0.05, 0.1) is 35.9 Å². The molecule has 3 aromatic rings. The Morgan fingerprint density at radius 2 is 1.96 bits per heavy atom. The molecule has 9 heteroatoms. The van der Waals surface area contributed by atoms with Crippen LogP contribution in [0.1, 0.15) is 18.2 Å². The van der Waals surface area contributed by atoms with E-state index < -0.39 is 11.7 Å². The van der Waals surface area contributed by atoms with Gasteiger partial charge >= 0.3 is 6.18 Å². The summed E-state index contributed by atoms with van der Waals surface area (Å²) in [5, 5.41) is 7.49. The summed E-state index contributed by atoms with van der Waals surface area (Å²) >= 11 is 0. The van der Waals surface area contributed by atoms with Gasteiger partial charge < -0.3 is 10.1 Å². The molecule has 2 heterocycles. The van der Waals surface area contributed by atoms with Crippen molar-refractivity contribution in [1.29, 1.82) is 0 Å². The van der Waals surface area contributed by atoms with E-state index >= 15 is 0 Å². The number of amides is 1. The maximum Gasteiger partial charge on any atom is 0.419 e. The van der Waals surface area contributed by atoms with E-state index in [2.05, 4.69) is 22.0 Å². The fourth-order valence-corrected chi connectivity index (χ4v) is 2.52. The van der Waals surface area contributed by atoms with Crippen molar-refractivity contribution >= 4 is 23.1 Å². The largest absolute Gasteiger partial charge is 0.496 e. The van der Waals surface area contributed by atoms with Crippen LogP contribution in [0.25, 0.3) is 16.7 Å². The van der Waals surface area contributed by atoms with Gasteiger partial charge in [-0.15, -0.1) is 6.58 Å². The minimum Gasteiger partial charge on any atom is -0.496 e. The topological polar surface area (TPSA) is 69.0 Å². The van der Waals surface area contributed by atoms with E-state index in [0.717, 1.165) is 6.07 Å². The molecule has 0 saturated heterocycles. The van der Waals surface area contributed by atoms with Gasteiger partial charge in [-0.1, -0.05) is 6.08 Å². The predicted molar refractivity (Wildman–Crippen MR) is 101 cm³/mol. The number of alkyl halides is 3. The number of pyridine rings is 1. The first kappa shape index (κ1) is 20.9. The zero-order chi connectivity index (χ0) is 20.9. The molecule has 0 radical (unpaired) electrons. The Kier molecular flexibility index (Phi) is 6.40. The minimum absolute atomic E-state index is 0.300. The Morgan fingerprint density at radius 1 is 1.29 bits per heavy atom. The van der Waals surface area contributed by atoms with Crippen molar-refractivity contribution in [3.8, 4) is 11.4 Å². The summed E-state index contributed by atoms with van der Waals surface area (Å²) in [4.78, 5) is 14.8. The normalized spacial score (nSPS) is 10.8. The Morgan fingerprint density at radius 3 is 2.54 bits per heavy atom. The maximum absolute atomic E-state index is 13.0. The monoisotopic (exact) mass is 392 g/mol. The maximum atomic E-state index is 13.0. The van der Waals surface area contributed by atoms with Crippen LogP contribution in [0.3, 0.4) is 0 Å². The number of anilines is 1. The summed E-state index contributed by atoms with van der Waals surface area (Å²) < 4.78 is 45.3. The number of allylic oxidation sites excluding steroid dienone is 1. The van der Waals surface area contributed by atoms with Crippen LogP contribution in [0.5, 0.6) is 5.75 Å². The molecule has 6 nitrogen and oxygen atoms in total. The molecule has 148 valence electrons. The van der Waals surface area contributed by atoms with E-state index in [-0.39, 0.29) is 5.75 Å². The standard InChI is InChI=1S/C16H13F3N4O2.C3H6/c1-9-12-5-10(21-8-24)7-20-15(12)23(22-9)11-3-4-13(16(17,18)19)14(6-11)25-2;1-3-2/h3-8H,1-2H3,(H,21,24);3H,1H2,2H3. The minimum atomic E-state index is -4.51. The van der Waals surface area contributed by atoms with Crippen LogP contribution in [-0.2, 0) is 11.0 Å². The number of hydrogen-bond donors (Lipinski definition) is 1. The smallest absolute Gasteiger partial charge is 0.419 e. The molecule has 0 bridgehead atoms. The molecule has 0 saturated carbocycles. The molecule has 28 heavy (non-hydrogen) atoms. The van der Waals surface area contributed by atoms with Crippen LogP contribution >= 0.6 is 0 Å². The Balaban J connectivity index is 0.000000878. The SMILES string of the molecule is C=CC.COc1cc(-n2nc(C)c3cc(NC=O)cnc32)ccc1C(F)(F)F. The number of halogens is 3. The van der Waals surface area contributed by atoms with Gasteiger partial charge in [0.15, 0.2) is 5.65 Å². The number of hydrogen-bond acceptors (Lipinski definition) is 4. The lowest BCUT2D eigenvalue weighted by Crippen LogP contribution is -2.08. The molecular formula is C19H19F3N4O2. The van der Waals surface area contributed by atoms with Gasteiger partial charge in [0.2, 0.25) is 6.41 Å². The molecule has 0 unspecified atom stereocenters. The van der Waals surface area contributed by atoms with E-state index in [1.165, 1.54) is 30.1 Å². The summed E-state index contributed by atoms with van der Waals surface area (Å²) in [5.74, 6) is -0.300. The first-order valence-electron chi connectivity index (χ1n) is 8.15. The number of rotatable bonds is 4. The Labute approximate surface area is 159 Å². The van der Waals surface area contributed by atoms with Crippen LogP contribution in [0.4, 0.5) is 18.9 Å². The third kappa shape index (κ3) is 4.30. The second-order valence-electron chi connectivity index (χ2n) is 5.65. The van der Waals surface area contributed by atoms with Crippen molar-refractivity contribution in [2.24, 2.45) is 0 Å². The number of aryl methyl sites for hydroxylation is 1. The molecule has 1 amide bonds. The van der Waals surface area contributed by atoms with Gasteiger partial charge in [-0.2, -0.15) is 18.3 Å². The molecule has 0 aliphatic carbocycles. The summed E-state index contributed by atoms with van der Waals surface area (Å²) in [7, 11) is 1.18. The average Bonchev–Trinajstić information content (AvgIpc) is 2.98. The molecule has 1 N–H and O–H groups in total. The van der Waals surface area contributed by atoms with Gasteiger partial charge in [0, 0.05) is 11.5 Å². The predicted octanol–water partition coefficient (Wildman–Crippen LogP) is 4.52. The number of carbonyl (C=O) groups excluding carboxylic acids is 1. The van der Waals surface area contributed by atoms with Crippen LogP contribution in [-0.4, -0.2) is 28.3 Å². The number of methoxy groups -OCH3 is 1. The van der Waals surface area contributed by atoms with Crippen molar-refractivity contribution in [3.63, 3.8) is 0 Å². The van der Waals surface area contributed by atoms with Gasteiger partial charge in [0.25, 0.3) is 0 Å². The zero-order valence-corrected chi connectivity index (χ0v) is 15.5. The third-order valence-corrected chi connectivity index (χ3v) is 3.67. The molecule has 0 spiro atoms. The van der Waals surface area contributed by atoms with E-state index in [0.29, 0.717) is 34.5 Å². The molecule has 0 atom stereocenters. The first-order chi connectivity index (χ1) is 13.3. The highest BCUT2D eigenvalue weighted by Crippen LogP contribution is 2.37. The fraction of sp³-hybridized carbons (Fsp3) is 0.211. The number of ether oxygens (including phenoxy) is 1. The van der Waals surface area contributed by atoms with Gasteiger partial charge in [-0.05, 0) is 32.0 Å². The number of carbonyl (C=O) groups is 1. The number of nitrogens with one attached hydrogen (secondary N) is 1. The summed E-state index contributed by atoms with van der Waals surface area (Å²) in [6.45, 7) is 6.99. The number of nitrogens with zero attached hydrogens (tertiary/aromatic N) is 3. The summed E-state index contributed by atoms with van der Waals surface area (Å²) in [5.41, 5.74) is 1.09. The van der Waals surface area contributed by atoms with E-state index in [1.54, 1.807) is 19.1 Å². The van der Waals surface area contributed by atoms with Gasteiger partial charge in [-0.25, -0.2) is 9.67 Å². The van der Waals surface area contributed by atoms with Crippen LogP contribution in [0.2, 0.25) is 0 Å². The van der Waals surface area contributed by atoms with Crippen molar-refractivity contribution < 1.29 is 22.7 Å². The lowest BCUT2D eigenvalue weighted by atomic mass is 10.1. The second kappa shape index (κ2) is 8.55. The molecule has 1 aromatic carbocycles. The van der Waals surface area contributed by atoms with Crippen LogP contribution in [0, 0.1) is 6.92 Å². The molecular weight excluding hydrogens is 373 g/mol. The van der Waals surface area contributed by atoms with E-state index in [1.807, 2.05) is 6.92 Å². The van der Waals surface area contributed by atoms with E-state index in [9.17, 15) is 18.0 Å².